The van der Waals surface area contributed by atoms with Crippen LogP contribution < -0.4 is 10.6 Å². The highest BCUT2D eigenvalue weighted by atomic mass is 79.9. The first kappa shape index (κ1) is 17.3. The third-order valence-corrected chi connectivity index (χ3v) is 3.97. The molecule has 1 rings (SSSR count). The molecule has 2 nitrogen and oxygen atoms in total. The molecule has 2 N–H and O–H groups in total. The van der Waals surface area contributed by atoms with Crippen LogP contribution in [0.3, 0.4) is 0 Å². The van der Waals surface area contributed by atoms with Gasteiger partial charge in [-0.3, -0.25) is 0 Å². The van der Waals surface area contributed by atoms with Crippen molar-refractivity contribution in [2.75, 3.05) is 23.7 Å². The number of hydrogen-bond acceptors (Lipinski definition) is 2. The topological polar surface area (TPSA) is 29.3 Å². The Morgan fingerprint density at radius 2 is 1.60 bits per heavy atom. The van der Waals surface area contributed by atoms with Crippen molar-refractivity contribution >= 4 is 27.3 Å². The summed E-state index contributed by atoms with van der Waals surface area (Å²) >= 11 is 3.25. The highest BCUT2D eigenvalue weighted by molar-refractivity contribution is 9.10. The molecular weight excluding hydrogens is 319 g/mol. The molecule has 0 aliphatic rings. The number of halogens is 2. The van der Waals surface area contributed by atoms with Crippen molar-refractivity contribution in [3.8, 4) is 0 Å². The van der Waals surface area contributed by atoms with E-state index >= 15 is 0 Å². The molecule has 0 bridgehead atoms. The molecule has 1 aromatic carbocycles. The second-order valence-electron chi connectivity index (χ2n) is 6.18. The Balaban J connectivity index is 2.93. The molecule has 0 aromatic heterocycles. The Kier molecular flexibility index (Phi) is 6.80. The van der Waals surface area contributed by atoms with E-state index in [9.17, 15) is 4.39 Å². The predicted octanol–water partition coefficient (Wildman–Crippen LogP) is 5.07. The van der Waals surface area contributed by atoms with Crippen molar-refractivity contribution < 1.29 is 4.39 Å². The lowest BCUT2D eigenvalue weighted by Gasteiger charge is -2.28. The molecule has 0 unspecified atom stereocenters. The summed E-state index contributed by atoms with van der Waals surface area (Å²) in [6.45, 7) is 10.8. The zero-order valence-corrected chi connectivity index (χ0v) is 14.5. The largest absolute Gasteiger partial charge is 0.397 e. The third-order valence-electron chi connectivity index (χ3n) is 3.36. The zero-order chi connectivity index (χ0) is 15.3. The van der Waals surface area contributed by atoms with Gasteiger partial charge in [-0.15, -0.1) is 0 Å². The average Bonchev–Trinajstić information content (AvgIpc) is 2.34. The monoisotopic (exact) mass is 344 g/mol. The van der Waals surface area contributed by atoms with Crippen molar-refractivity contribution in [2.24, 2.45) is 11.8 Å². The number of rotatable bonds is 7. The van der Waals surface area contributed by atoms with Gasteiger partial charge in [0.05, 0.1) is 15.8 Å². The van der Waals surface area contributed by atoms with Crippen molar-refractivity contribution in [1.29, 1.82) is 0 Å². The highest BCUT2D eigenvalue weighted by Crippen LogP contribution is 2.30. The van der Waals surface area contributed by atoms with Crippen LogP contribution in [0.15, 0.2) is 16.6 Å². The Hall–Kier alpha value is -0.770. The Bertz CT molecular complexity index is 421. The van der Waals surface area contributed by atoms with Crippen molar-refractivity contribution in [1.82, 2.24) is 0 Å². The summed E-state index contributed by atoms with van der Waals surface area (Å²) in [5.74, 6) is 0.974. The minimum Gasteiger partial charge on any atom is -0.397 e. The van der Waals surface area contributed by atoms with E-state index in [0.717, 1.165) is 31.6 Å². The maximum Gasteiger partial charge on any atom is 0.139 e. The number of nitrogens with two attached hydrogens (primary N) is 1. The van der Waals surface area contributed by atoms with Gasteiger partial charge in [0.2, 0.25) is 0 Å². The maximum absolute atomic E-state index is 13.5. The molecule has 114 valence electrons. The van der Waals surface area contributed by atoms with Gasteiger partial charge in [-0.05, 0) is 46.7 Å². The number of nitrogens with zero attached hydrogens (tertiary/aromatic N) is 1. The van der Waals surface area contributed by atoms with Crippen molar-refractivity contribution in [2.45, 2.75) is 40.5 Å². The second-order valence-corrected chi connectivity index (χ2v) is 7.03. The van der Waals surface area contributed by atoms with Crippen LogP contribution in [0.25, 0.3) is 0 Å². The summed E-state index contributed by atoms with van der Waals surface area (Å²) in [5.41, 5.74) is 7.44. The number of nitrogen functional groups attached to an aromatic ring is 1. The quantitative estimate of drug-likeness (QED) is 0.699. The zero-order valence-electron chi connectivity index (χ0n) is 12.9. The number of benzene rings is 1. The molecule has 1 aromatic rings. The Morgan fingerprint density at radius 1 is 1.10 bits per heavy atom. The molecule has 20 heavy (non-hydrogen) atoms. The summed E-state index contributed by atoms with van der Waals surface area (Å²) in [5, 5.41) is 0. The van der Waals surface area contributed by atoms with Gasteiger partial charge in [0.15, 0.2) is 0 Å². The van der Waals surface area contributed by atoms with Crippen LogP contribution in [0.2, 0.25) is 0 Å². The van der Waals surface area contributed by atoms with Gasteiger partial charge in [0.25, 0.3) is 0 Å². The van der Waals surface area contributed by atoms with Gasteiger partial charge in [-0.1, -0.05) is 27.7 Å². The molecule has 0 radical (unpaired) electrons. The first-order valence-corrected chi connectivity index (χ1v) is 8.10. The predicted molar refractivity (Wildman–Crippen MR) is 89.6 cm³/mol. The van der Waals surface area contributed by atoms with Crippen LogP contribution in [0.5, 0.6) is 0 Å². The van der Waals surface area contributed by atoms with Gasteiger partial charge in [-0.25, -0.2) is 4.39 Å². The lowest BCUT2D eigenvalue weighted by atomic mass is 10.1. The molecule has 0 atom stereocenters. The smallest absolute Gasteiger partial charge is 0.139 e. The number of anilines is 2. The molecule has 0 saturated heterocycles. The van der Waals surface area contributed by atoms with Crippen LogP contribution in [-0.4, -0.2) is 13.1 Å². The van der Waals surface area contributed by atoms with Gasteiger partial charge < -0.3 is 10.6 Å². The molecule has 0 spiro atoms. The summed E-state index contributed by atoms with van der Waals surface area (Å²) in [7, 11) is 0. The van der Waals surface area contributed by atoms with E-state index in [1.54, 1.807) is 6.07 Å². The molecule has 0 aliphatic carbocycles. The SMILES string of the molecule is CC(C)CCN(CCC(C)C)c1cc(Br)c(F)cc1N. The molecule has 0 heterocycles. The number of hydrogen-bond donors (Lipinski definition) is 1. The van der Waals surface area contributed by atoms with Gasteiger partial charge in [0, 0.05) is 19.2 Å². The van der Waals surface area contributed by atoms with E-state index in [4.69, 9.17) is 5.73 Å². The molecule has 0 saturated carbocycles. The molecule has 4 heteroatoms. The van der Waals surface area contributed by atoms with Crippen LogP contribution >= 0.6 is 15.9 Å². The third kappa shape index (κ3) is 5.31. The fourth-order valence-corrected chi connectivity index (χ4v) is 2.34. The van der Waals surface area contributed by atoms with Crippen LogP contribution in [0.4, 0.5) is 15.8 Å². The van der Waals surface area contributed by atoms with E-state index in [0.29, 0.717) is 22.0 Å². The van der Waals surface area contributed by atoms with Crippen molar-refractivity contribution in [3.63, 3.8) is 0 Å². The lowest BCUT2D eigenvalue weighted by molar-refractivity contribution is 0.535. The van der Waals surface area contributed by atoms with Gasteiger partial charge in [0.1, 0.15) is 5.82 Å². The Morgan fingerprint density at radius 3 is 2.05 bits per heavy atom. The van der Waals surface area contributed by atoms with E-state index in [1.807, 2.05) is 0 Å². The first-order valence-electron chi connectivity index (χ1n) is 7.30. The summed E-state index contributed by atoms with van der Waals surface area (Å²) in [6, 6.07) is 3.20. The molecule has 0 fully saturated rings. The van der Waals surface area contributed by atoms with Gasteiger partial charge in [-0.2, -0.15) is 0 Å². The molecule has 0 amide bonds. The summed E-state index contributed by atoms with van der Waals surface area (Å²) in [4.78, 5) is 2.28. The minimum absolute atomic E-state index is 0.307. The average molecular weight is 345 g/mol. The summed E-state index contributed by atoms with van der Waals surface area (Å²) < 4.78 is 14.0. The maximum atomic E-state index is 13.5. The van der Waals surface area contributed by atoms with Crippen LogP contribution in [0, 0.1) is 17.7 Å². The fourth-order valence-electron chi connectivity index (χ4n) is 2.01. The molecular formula is C16H26BrFN2. The summed E-state index contributed by atoms with van der Waals surface area (Å²) in [6.07, 6.45) is 2.21. The lowest BCUT2D eigenvalue weighted by Crippen LogP contribution is -2.28. The van der Waals surface area contributed by atoms with E-state index < -0.39 is 0 Å². The van der Waals surface area contributed by atoms with E-state index in [1.165, 1.54) is 6.07 Å². The van der Waals surface area contributed by atoms with Gasteiger partial charge >= 0.3 is 0 Å². The second kappa shape index (κ2) is 7.87. The first-order chi connectivity index (χ1) is 9.31. The minimum atomic E-state index is -0.307. The van der Waals surface area contributed by atoms with Crippen LogP contribution in [-0.2, 0) is 0 Å². The van der Waals surface area contributed by atoms with Crippen molar-refractivity contribution in [3.05, 3.63) is 22.4 Å². The van der Waals surface area contributed by atoms with Crippen LogP contribution in [0.1, 0.15) is 40.5 Å². The fraction of sp³-hybridized carbons (Fsp3) is 0.625. The highest BCUT2D eigenvalue weighted by Gasteiger charge is 2.14. The van der Waals surface area contributed by atoms with E-state index in [-0.39, 0.29) is 5.82 Å². The Labute approximate surface area is 130 Å². The standard InChI is InChI=1S/C16H26BrFN2/c1-11(2)5-7-20(8-6-12(3)4)16-9-13(17)14(18)10-15(16)19/h9-12H,5-8,19H2,1-4H3. The van der Waals surface area contributed by atoms with E-state index in [2.05, 4.69) is 48.5 Å². The normalized spacial score (nSPS) is 11.4. The molecule has 0 aliphatic heterocycles.